The molecule has 7 heteroatoms. The molecule has 3 N–H and O–H groups in total. The molecule has 134 valence electrons. The van der Waals surface area contributed by atoms with Crippen LogP contribution >= 0.6 is 11.6 Å². The Morgan fingerprint density at radius 2 is 2.08 bits per heavy atom. The van der Waals surface area contributed by atoms with E-state index < -0.39 is 23.9 Å². The highest BCUT2D eigenvalue weighted by molar-refractivity contribution is 6.30. The van der Waals surface area contributed by atoms with Gasteiger partial charge in [-0.05, 0) is 36.8 Å². The summed E-state index contributed by atoms with van der Waals surface area (Å²) in [7, 11) is 1.42. The van der Waals surface area contributed by atoms with E-state index >= 15 is 0 Å². The summed E-state index contributed by atoms with van der Waals surface area (Å²) in [6.07, 6.45) is -1.30. The van der Waals surface area contributed by atoms with Gasteiger partial charge in [-0.25, -0.2) is 4.39 Å². The van der Waals surface area contributed by atoms with Gasteiger partial charge < -0.3 is 20.5 Å². The zero-order valence-corrected chi connectivity index (χ0v) is 14.7. The fourth-order valence-corrected chi connectivity index (χ4v) is 2.49. The molecule has 2 atom stereocenters. The van der Waals surface area contributed by atoms with E-state index in [0.717, 1.165) is 5.56 Å². The Balaban J connectivity index is 1.94. The summed E-state index contributed by atoms with van der Waals surface area (Å²) in [5, 5.41) is 16.4. The van der Waals surface area contributed by atoms with Gasteiger partial charge >= 0.3 is 0 Å². The number of benzene rings is 2. The van der Waals surface area contributed by atoms with E-state index in [0.29, 0.717) is 16.5 Å². The van der Waals surface area contributed by atoms with Gasteiger partial charge in [0.2, 0.25) is 0 Å². The number of nitrogens with one attached hydrogen (secondary N) is 2. The number of aliphatic hydroxyl groups excluding tert-OH is 1. The first-order valence-electron chi connectivity index (χ1n) is 7.71. The molecule has 25 heavy (non-hydrogen) atoms. The lowest BCUT2D eigenvalue weighted by molar-refractivity contribution is -0.129. The van der Waals surface area contributed by atoms with E-state index in [4.69, 9.17) is 16.3 Å². The standard InChI is InChI=1S/C18H20ClFN2O3/c1-11(22-15-7-6-14(20)9-16(15)25-2)17(23)18(24)21-10-12-4-3-5-13(19)8-12/h3-9,11,17,22-23H,10H2,1-2H3,(H,21,24). The SMILES string of the molecule is COc1cc(F)ccc1NC(C)C(O)C(=O)NCc1cccc(Cl)c1. The third kappa shape index (κ3) is 5.34. The molecule has 2 rings (SSSR count). The molecule has 0 radical (unpaired) electrons. The molecule has 2 aromatic carbocycles. The molecule has 0 saturated carbocycles. The lowest BCUT2D eigenvalue weighted by Gasteiger charge is -2.22. The number of halogens is 2. The Kier molecular flexibility index (Phi) is 6.61. The summed E-state index contributed by atoms with van der Waals surface area (Å²) >= 11 is 5.89. The zero-order valence-electron chi connectivity index (χ0n) is 13.9. The lowest BCUT2D eigenvalue weighted by Crippen LogP contribution is -2.43. The summed E-state index contributed by atoms with van der Waals surface area (Å²) in [5.74, 6) is -0.672. The minimum Gasteiger partial charge on any atom is -0.494 e. The quantitative estimate of drug-likeness (QED) is 0.704. The second kappa shape index (κ2) is 8.69. The van der Waals surface area contributed by atoms with Crippen LogP contribution < -0.4 is 15.4 Å². The van der Waals surface area contributed by atoms with Crippen LogP contribution in [0.2, 0.25) is 5.02 Å². The van der Waals surface area contributed by atoms with Gasteiger partial charge in [0.05, 0.1) is 18.8 Å². The fourth-order valence-electron chi connectivity index (χ4n) is 2.28. The largest absolute Gasteiger partial charge is 0.494 e. The maximum Gasteiger partial charge on any atom is 0.251 e. The van der Waals surface area contributed by atoms with Gasteiger partial charge in [0.25, 0.3) is 5.91 Å². The number of anilines is 1. The summed E-state index contributed by atoms with van der Waals surface area (Å²) < 4.78 is 18.3. The van der Waals surface area contributed by atoms with Crippen LogP contribution in [0.5, 0.6) is 5.75 Å². The molecule has 2 unspecified atom stereocenters. The van der Waals surface area contributed by atoms with Crippen molar-refractivity contribution in [3.8, 4) is 5.75 Å². The predicted molar refractivity (Wildman–Crippen MR) is 95.3 cm³/mol. The van der Waals surface area contributed by atoms with Gasteiger partial charge in [0.15, 0.2) is 6.10 Å². The lowest BCUT2D eigenvalue weighted by atomic mass is 10.1. The van der Waals surface area contributed by atoms with E-state index in [1.807, 2.05) is 6.07 Å². The van der Waals surface area contributed by atoms with Gasteiger partial charge in [-0.3, -0.25) is 4.79 Å². The number of aliphatic hydroxyl groups is 1. The van der Waals surface area contributed by atoms with Crippen molar-refractivity contribution < 1.29 is 19.0 Å². The Bertz CT molecular complexity index is 742. The molecule has 0 saturated heterocycles. The average Bonchev–Trinajstić information content (AvgIpc) is 2.60. The molecule has 0 aliphatic heterocycles. The van der Waals surface area contributed by atoms with Crippen molar-refractivity contribution in [1.82, 2.24) is 5.32 Å². The van der Waals surface area contributed by atoms with Crippen molar-refractivity contribution in [3.05, 3.63) is 58.9 Å². The van der Waals surface area contributed by atoms with Gasteiger partial charge in [0, 0.05) is 17.6 Å². The monoisotopic (exact) mass is 366 g/mol. The fraction of sp³-hybridized carbons (Fsp3) is 0.278. The Morgan fingerprint density at radius 1 is 1.32 bits per heavy atom. The predicted octanol–water partition coefficient (Wildman–Crippen LogP) is 2.97. The van der Waals surface area contributed by atoms with Crippen LogP contribution in [0.15, 0.2) is 42.5 Å². The zero-order chi connectivity index (χ0) is 18.4. The molecule has 0 fully saturated rings. The van der Waals surface area contributed by atoms with Crippen LogP contribution in [-0.2, 0) is 11.3 Å². The summed E-state index contributed by atoms with van der Waals surface area (Å²) in [4.78, 5) is 12.1. The van der Waals surface area contributed by atoms with Crippen molar-refractivity contribution in [3.63, 3.8) is 0 Å². The number of methoxy groups -OCH3 is 1. The van der Waals surface area contributed by atoms with Gasteiger partial charge in [-0.1, -0.05) is 23.7 Å². The highest BCUT2D eigenvalue weighted by Crippen LogP contribution is 2.26. The van der Waals surface area contributed by atoms with Crippen molar-refractivity contribution >= 4 is 23.2 Å². The van der Waals surface area contributed by atoms with Crippen molar-refractivity contribution in [1.29, 1.82) is 0 Å². The van der Waals surface area contributed by atoms with Crippen LogP contribution in [-0.4, -0.2) is 30.3 Å². The third-order valence-electron chi connectivity index (χ3n) is 3.64. The van der Waals surface area contributed by atoms with Crippen LogP contribution in [0.1, 0.15) is 12.5 Å². The second-order valence-electron chi connectivity index (χ2n) is 5.57. The molecule has 0 heterocycles. The molecule has 0 bridgehead atoms. The molecule has 5 nitrogen and oxygen atoms in total. The second-order valence-corrected chi connectivity index (χ2v) is 6.01. The minimum absolute atomic E-state index is 0.253. The third-order valence-corrected chi connectivity index (χ3v) is 3.88. The summed E-state index contributed by atoms with van der Waals surface area (Å²) in [6.45, 7) is 1.90. The maximum absolute atomic E-state index is 13.2. The van der Waals surface area contributed by atoms with Crippen molar-refractivity contribution in [2.24, 2.45) is 0 Å². The molecule has 0 aliphatic rings. The first kappa shape index (κ1) is 19.0. The van der Waals surface area contributed by atoms with Crippen molar-refractivity contribution in [2.45, 2.75) is 25.6 Å². The topological polar surface area (TPSA) is 70.6 Å². The Hall–Kier alpha value is -2.31. The van der Waals surface area contributed by atoms with Crippen molar-refractivity contribution in [2.75, 3.05) is 12.4 Å². The van der Waals surface area contributed by atoms with Crippen LogP contribution in [0.4, 0.5) is 10.1 Å². The van der Waals surface area contributed by atoms with Gasteiger partial charge in [-0.2, -0.15) is 0 Å². The summed E-state index contributed by atoms with van der Waals surface area (Å²) in [5.41, 5.74) is 1.31. The van der Waals surface area contributed by atoms with Gasteiger partial charge in [0.1, 0.15) is 11.6 Å². The first-order chi connectivity index (χ1) is 11.9. The van der Waals surface area contributed by atoms with Crippen LogP contribution in [0.3, 0.4) is 0 Å². The average molecular weight is 367 g/mol. The van der Waals surface area contributed by atoms with E-state index in [2.05, 4.69) is 10.6 Å². The maximum atomic E-state index is 13.2. The molecular formula is C18H20ClFN2O3. The minimum atomic E-state index is -1.30. The number of carbonyl (C=O) groups excluding carboxylic acids is 1. The number of ether oxygens (including phenoxy) is 1. The number of amides is 1. The number of rotatable bonds is 7. The summed E-state index contributed by atoms with van der Waals surface area (Å²) in [6, 6.07) is 10.4. The Morgan fingerprint density at radius 3 is 2.76 bits per heavy atom. The highest BCUT2D eigenvalue weighted by Gasteiger charge is 2.23. The van der Waals surface area contributed by atoms with Crippen LogP contribution in [0.25, 0.3) is 0 Å². The normalized spacial score (nSPS) is 13.0. The van der Waals surface area contributed by atoms with E-state index in [1.54, 1.807) is 25.1 Å². The smallest absolute Gasteiger partial charge is 0.251 e. The molecular weight excluding hydrogens is 347 g/mol. The highest BCUT2D eigenvalue weighted by atomic mass is 35.5. The van der Waals surface area contributed by atoms with Gasteiger partial charge in [-0.15, -0.1) is 0 Å². The Labute approximate surface area is 150 Å². The van der Waals surface area contributed by atoms with E-state index in [1.165, 1.54) is 25.3 Å². The molecule has 0 spiro atoms. The number of hydrogen-bond donors (Lipinski definition) is 3. The molecule has 0 aromatic heterocycles. The first-order valence-corrected chi connectivity index (χ1v) is 8.09. The van der Waals surface area contributed by atoms with E-state index in [-0.39, 0.29) is 6.54 Å². The molecule has 2 aromatic rings. The number of hydrogen-bond acceptors (Lipinski definition) is 4. The molecule has 1 amide bonds. The van der Waals surface area contributed by atoms with E-state index in [9.17, 15) is 14.3 Å². The molecule has 0 aliphatic carbocycles. The van der Waals surface area contributed by atoms with Crippen LogP contribution in [0, 0.1) is 5.82 Å². The number of carbonyl (C=O) groups is 1.